The van der Waals surface area contributed by atoms with E-state index in [4.69, 9.17) is 0 Å². The highest BCUT2D eigenvalue weighted by Crippen LogP contribution is 2.23. The fourth-order valence-electron chi connectivity index (χ4n) is 2.71. The van der Waals surface area contributed by atoms with Crippen molar-refractivity contribution in [3.8, 4) is 0 Å². The number of benzene rings is 2. The van der Waals surface area contributed by atoms with Gasteiger partial charge in [-0.3, -0.25) is 24.6 Å². The molecule has 2 amide bonds. The lowest BCUT2D eigenvalue weighted by Gasteiger charge is -2.26. The number of nitro benzene ring substituents is 1. The van der Waals surface area contributed by atoms with E-state index in [9.17, 15) is 24.1 Å². The molecular formula is C20H23FN4O4. The number of nitrogens with zero attached hydrogens (tertiary/aromatic N) is 2. The zero-order chi connectivity index (χ0) is 21.4. The van der Waals surface area contributed by atoms with Gasteiger partial charge in [-0.05, 0) is 37.2 Å². The minimum Gasteiger partial charge on any atom is -0.351 e. The van der Waals surface area contributed by atoms with Crippen molar-refractivity contribution in [1.29, 1.82) is 0 Å². The van der Waals surface area contributed by atoms with Crippen molar-refractivity contribution >= 4 is 23.2 Å². The number of anilines is 1. The number of amides is 2. The van der Waals surface area contributed by atoms with Crippen LogP contribution in [0.3, 0.4) is 0 Å². The number of nitrogens with one attached hydrogen (secondary N) is 2. The molecule has 8 nitrogen and oxygen atoms in total. The van der Waals surface area contributed by atoms with Crippen molar-refractivity contribution in [2.24, 2.45) is 0 Å². The monoisotopic (exact) mass is 402 g/mol. The fourth-order valence-corrected chi connectivity index (χ4v) is 2.71. The summed E-state index contributed by atoms with van der Waals surface area (Å²) in [4.78, 5) is 36.9. The number of nitro groups is 1. The minimum absolute atomic E-state index is 0.0246. The van der Waals surface area contributed by atoms with Gasteiger partial charge in [0.05, 0.1) is 17.5 Å². The Morgan fingerprint density at radius 1 is 1.17 bits per heavy atom. The SMILES string of the molecule is CCN(CC(=O)NCc1ccc(F)cc1)C(C)C(=O)Nc1ccccc1[N+](=O)[O-]. The zero-order valence-electron chi connectivity index (χ0n) is 16.2. The number of hydrogen-bond acceptors (Lipinski definition) is 5. The summed E-state index contributed by atoms with van der Waals surface area (Å²) in [6, 6.07) is 11.0. The summed E-state index contributed by atoms with van der Waals surface area (Å²) in [7, 11) is 0. The number of para-hydroxylation sites is 2. The second kappa shape index (κ2) is 10.3. The summed E-state index contributed by atoms with van der Waals surface area (Å²) in [5.41, 5.74) is 0.657. The lowest BCUT2D eigenvalue weighted by molar-refractivity contribution is -0.383. The summed E-state index contributed by atoms with van der Waals surface area (Å²) in [6.45, 7) is 4.08. The van der Waals surface area contributed by atoms with Gasteiger partial charge in [0.2, 0.25) is 11.8 Å². The van der Waals surface area contributed by atoms with E-state index < -0.39 is 16.9 Å². The van der Waals surface area contributed by atoms with Gasteiger partial charge in [0.15, 0.2) is 0 Å². The Balaban J connectivity index is 1.94. The summed E-state index contributed by atoms with van der Waals surface area (Å²) in [5.74, 6) is -1.09. The van der Waals surface area contributed by atoms with Crippen LogP contribution in [0.2, 0.25) is 0 Å². The molecule has 9 heteroatoms. The lowest BCUT2D eigenvalue weighted by Crippen LogP contribution is -2.46. The molecule has 0 saturated heterocycles. The second-order valence-electron chi connectivity index (χ2n) is 6.41. The third kappa shape index (κ3) is 6.35. The zero-order valence-corrected chi connectivity index (χ0v) is 16.2. The molecule has 0 aliphatic rings. The molecule has 154 valence electrons. The summed E-state index contributed by atoms with van der Waals surface area (Å²) >= 11 is 0. The first-order valence-corrected chi connectivity index (χ1v) is 9.11. The molecule has 0 spiro atoms. The van der Waals surface area contributed by atoms with Crippen molar-refractivity contribution in [1.82, 2.24) is 10.2 Å². The molecule has 0 bridgehead atoms. The Kier molecular flexibility index (Phi) is 7.79. The number of rotatable bonds is 9. The van der Waals surface area contributed by atoms with E-state index in [-0.39, 0.29) is 36.2 Å². The highest BCUT2D eigenvalue weighted by molar-refractivity contribution is 5.96. The third-order valence-electron chi connectivity index (χ3n) is 4.44. The van der Waals surface area contributed by atoms with Crippen molar-refractivity contribution < 1.29 is 18.9 Å². The molecule has 0 heterocycles. The van der Waals surface area contributed by atoms with E-state index >= 15 is 0 Å². The summed E-state index contributed by atoms with van der Waals surface area (Å²) < 4.78 is 12.9. The van der Waals surface area contributed by atoms with Gasteiger partial charge in [-0.15, -0.1) is 0 Å². The van der Waals surface area contributed by atoms with Crippen molar-refractivity contribution in [3.63, 3.8) is 0 Å². The van der Waals surface area contributed by atoms with Gasteiger partial charge in [0.25, 0.3) is 5.69 Å². The van der Waals surface area contributed by atoms with Crippen LogP contribution in [0.15, 0.2) is 48.5 Å². The number of likely N-dealkylation sites (N-methyl/N-ethyl adjacent to an activating group) is 1. The topological polar surface area (TPSA) is 105 Å². The first-order valence-electron chi connectivity index (χ1n) is 9.11. The molecule has 0 fully saturated rings. The smallest absolute Gasteiger partial charge is 0.292 e. The summed E-state index contributed by atoms with van der Waals surface area (Å²) in [5, 5.41) is 16.4. The third-order valence-corrected chi connectivity index (χ3v) is 4.44. The van der Waals surface area contributed by atoms with E-state index in [0.717, 1.165) is 5.56 Å². The van der Waals surface area contributed by atoms with Crippen LogP contribution in [0.4, 0.5) is 15.8 Å². The molecule has 1 atom stereocenters. The Bertz CT molecular complexity index is 873. The molecule has 2 rings (SSSR count). The molecule has 0 saturated carbocycles. The van der Waals surface area contributed by atoms with Crippen molar-refractivity contribution in [3.05, 3.63) is 70.0 Å². The average Bonchev–Trinajstić information content (AvgIpc) is 2.71. The van der Waals surface area contributed by atoms with Crippen LogP contribution in [0.25, 0.3) is 0 Å². The predicted octanol–water partition coefficient (Wildman–Crippen LogP) is 2.70. The second-order valence-corrected chi connectivity index (χ2v) is 6.41. The molecule has 2 aromatic rings. The molecule has 2 N–H and O–H groups in total. The number of hydrogen-bond donors (Lipinski definition) is 2. The predicted molar refractivity (Wildman–Crippen MR) is 107 cm³/mol. The highest BCUT2D eigenvalue weighted by Gasteiger charge is 2.24. The lowest BCUT2D eigenvalue weighted by atomic mass is 10.2. The van der Waals surface area contributed by atoms with Crippen LogP contribution in [-0.2, 0) is 16.1 Å². The van der Waals surface area contributed by atoms with Crippen LogP contribution < -0.4 is 10.6 Å². The standard InChI is InChI=1S/C20H23FN4O4/c1-3-24(13-19(26)22-12-15-8-10-16(21)11-9-15)14(2)20(27)23-17-6-4-5-7-18(17)25(28)29/h4-11,14H,3,12-13H2,1-2H3,(H,22,26)(H,23,27). The molecule has 0 aliphatic carbocycles. The van der Waals surface area contributed by atoms with E-state index in [1.165, 1.54) is 30.3 Å². The molecule has 2 aromatic carbocycles. The first kappa shape index (κ1) is 22.0. The van der Waals surface area contributed by atoms with Crippen LogP contribution in [-0.4, -0.2) is 40.8 Å². The number of carbonyl (C=O) groups excluding carboxylic acids is 2. The van der Waals surface area contributed by atoms with E-state index in [1.807, 2.05) is 6.92 Å². The van der Waals surface area contributed by atoms with Gasteiger partial charge in [0.1, 0.15) is 11.5 Å². The summed E-state index contributed by atoms with van der Waals surface area (Å²) in [6.07, 6.45) is 0. The molecule has 1 unspecified atom stereocenters. The Morgan fingerprint density at radius 2 is 1.83 bits per heavy atom. The van der Waals surface area contributed by atoms with Gasteiger partial charge in [0, 0.05) is 12.6 Å². The molecular weight excluding hydrogens is 379 g/mol. The highest BCUT2D eigenvalue weighted by atomic mass is 19.1. The molecule has 0 radical (unpaired) electrons. The molecule has 0 aromatic heterocycles. The quantitative estimate of drug-likeness (QED) is 0.496. The molecule has 0 aliphatic heterocycles. The van der Waals surface area contributed by atoms with Gasteiger partial charge < -0.3 is 10.6 Å². The fraction of sp³-hybridized carbons (Fsp3) is 0.300. The maximum absolute atomic E-state index is 12.9. The van der Waals surface area contributed by atoms with Crippen LogP contribution in [0.5, 0.6) is 0 Å². The van der Waals surface area contributed by atoms with Gasteiger partial charge in [-0.25, -0.2) is 4.39 Å². The Labute approximate surface area is 167 Å². The maximum Gasteiger partial charge on any atom is 0.292 e. The van der Waals surface area contributed by atoms with Crippen LogP contribution in [0.1, 0.15) is 19.4 Å². The van der Waals surface area contributed by atoms with Gasteiger partial charge in [-0.1, -0.05) is 31.2 Å². The van der Waals surface area contributed by atoms with E-state index in [0.29, 0.717) is 6.54 Å². The van der Waals surface area contributed by atoms with E-state index in [1.54, 1.807) is 30.0 Å². The minimum atomic E-state index is -0.684. The first-order chi connectivity index (χ1) is 13.8. The van der Waals surface area contributed by atoms with Gasteiger partial charge >= 0.3 is 0 Å². The average molecular weight is 402 g/mol. The van der Waals surface area contributed by atoms with Crippen molar-refractivity contribution in [2.75, 3.05) is 18.4 Å². The number of halogens is 1. The molecule has 29 heavy (non-hydrogen) atoms. The Morgan fingerprint density at radius 3 is 2.45 bits per heavy atom. The Hall–Kier alpha value is -3.33. The van der Waals surface area contributed by atoms with Crippen molar-refractivity contribution in [2.45, 2.75) is 26.4 Å². The number of carbonyl (C=O) groups is 2. The maximum atomic E-state index is 12.9. The van der Waals surface area contributed by atoms with E-state index in [2.05, 4.69) is 10.6 Å². The van der Waals surface area contributed by atoms with Crippen LogP contribution in [0, 0.1) is 15.9 Å². The largest absolute Gasteiger partial charge is 0.351 e. The normalized spacial score (nSPS) is 11.7. The van der Waals surface area contributed by atoms with Gasteiger partial charge in [-0.2, -0.15) is 0 Å². The van der Waals surface area contributed by atoms with Crippen LogP contribution >= 0.6 is 0 Å².